The van der Waals surface area contributed by atoms with E-state index in [-0.39, 0.29) is 22.2 Å². The van der Waals surface area contributed by atoms with E-state index in [1.165, 1.54) is 10.4 Å². The molecular weight excluding hydrogens is 422 g/mol. The molecule has 0 unspecified atom stereocenters. The van der Waals surface area contributed by atoms with Gasteiger partial charge in [-0.1, -0.05) is 12.1 Å². The van der Waals surface area contributed by atoms with Crippen molar-refractivity contribution in [2.75, 3.05) is 26.2 Å². The Labute approximate surface area is 180 Å². The lowest BCUT2D eigenvalue weighted by Gasteiger charge is -2.16. The molecule has 0 bridgehead atoms. The maximum Gasteiger partial charge on any atom is 0.263 e. The molecule has 2 aliphatic heterocycles. The maximum absolute atomic E-state index is 12.9. The first-order valence-corrected chi connectivity index (χ1v) is 12.5. The number of rotatable bonds is 6. The van der Waals surface area contributed by atoms with Gasteiger partial charge in [-0.05, 0) is 54.8 Å². The van der Waals surface area contributed by atoms with Crippen molar-refractivity contribution in [1.82, 2.24) is 14.5 Å². The second-order valence-corrected chi connectivity index (χ2v) is 10.4. The summed E-state index contributed by atoms with van der Waals surface area (Å²) in [6.45, 7) is 2.79. The third-order valence-corrected chi connectivity index (χ3v) is 8.52. The first kappa shape index (κ1) is 21.0. The van der Waals surface area contributed by atoms with E-state index in [0.717, 1.165) is 55.7 Å². The smallest absolute Gasteiger partial charge is 0.263 e. The van der Waals surface area contributed by atoms with Crippen molar-refractivity contribution < 1.29 is 18.0 Å². The van der Waals surface area contributed by atoms with Crippen molar-refractivity contribution in [3.05, 3.63) is 51.7 Å². The number of amides is 2. The van der Waals surface area contributed by atoms with Gasteiger partial charge in [0.1, 0.15) is 9.77 Å². The lowest BCUT2D eigenvalue weighted by Crippen LogP contribution is -2.30. The summed E-state index contributed by atoms with van der Waals surface area (Å²) in [6.07, 6.45) is 3.75. The van der Waals surface area contributed by atoms with Crippen LogP contribution in [-0.2, 0) is 16.6 Å². The summed E-state index contributed by atoms with van der Waals surface area (Å²) in [5.41, 5.74) is 1.41. The zero-order valence-corrected chi connectivity index (χ0v) is 18.3. The predicted molar refractivity (Wildman–Crippen MR) is 115 cm³/mol. The van der Waals surface area contributed by atoms with Crippen LogP contribution in [0.25, 0.3) is 0 Å². The largest absolute Gasteiger partial charge is 0.347 e. The fraction of sp³-hybridized carbons (Fsp3) is 0.429. The summed E-state index contributed by atoms with van der Waals surface area (Å²) in [5, 5.41) is 4.44. The van der Waals surface area contributed by atoms with Gasteiger partial charge in [-0.25, -0.2) is 8.42 Å². The van der Waals surface area contributed by atoms with Crippen molar-refractivity contribution in [3.8, 4) is 0 Å². The molecule has 2 aliphatic rings. The van der Waals surface area contributed by atoms with Gasteiger partial charge in [0, 0.05) is 38.3 Å². The SMILES string of the molecule is O=C(NCc1cccc(C(=O)N2CCCC2)c1)c1sccc1S(=O)(=O)N1CCCC1. The van der Waals surface area contributed by atoms with Crippen LogP contribution >= 0.6 is 11.3 Å². The highest BCUT2D eigenvalue weighted by Gasteiger charge is 2.31. The number of nitrogens with zero attached hydrogens (tertiary/aromatic N) is 2. The lowest BCUT2D eigenvalue weighted by atomic mass is 10.1. The Morgan fingerprint density at radius 3 is 2.43 bits per heavy atom. The molecule has 30 heavy (non-hydrogen) atoms. The van der Waals surface area contributed by atoms with Gasteiger partial charge in [0.25, 0.3) is 11.8 Å². The summed E-state index contributed by atoms with van der Waals surface area (Å²) in [4.78, 5) is 27.4. The Morgan fingerprint density at radius 2 is 1.70 bits per heavy atom. The number of hydrogen-bond donors (Lipinski definition) is 1. The van der Waals surface area contributed by atoms with Crippen LogP contribution in [0.15, 0.2) is 40.6 Å². The Balaban J connectivity index is 1.44. The van der Waals surface area contributed by atoms with Crippen molar-refractivity contribution in [1.29, 1.82) is 0 Å². The van der Waals surface area contributed by atoms with Gasteiger partial charge in [0.05, 0.1) is 0 Å². The number of sulfonamides is 1. The molecule has 2 fully saturated rings. The molecule has 1 N–H and O–H groups in total. The minimum atomic E-state index is -3.65. The van der Waals surface area contributed by atoms with Crippen LogP contribution < -0.4 is 5.32 Å². The molecule has 0 radical (unpaired) electrons. The molecule has 3 heterocycles. The minimum absolute atomic E-state index is 0.0120. The molecule has 4 rings (SSSR count). The molecule has 2 amide bonds. The van der Waals surface area contributed by atoms with Gasteiger partial charge in [-0.2, -0.15) is 4.31 Å². The number of likely N-dealkylation sites (tertiary alicyclic amines) is 1. The topological polar surface area (TPSA) is 86.8 Å². The van der Waals surface area contributed by atoms with Gasteiger partial charge in [0.15, 0.2) is 0 Å². The van der Waals surface area contributed by atoms with Crippen LogP contribution in [0, 0.1) is 0 Å². The van der Waals surface area contributed by atoms with Crippen LogP contribution in [-0.4, -0.2) is 55.6 Å². The third kappa shape index (κ3) is 4.28. The van der Waals surface area contributed by atoms with Crippen LogP contribution in [0.3, 0.4) is 0 Å². The Kier molecular flexibility index (Phi) is 6.21. The summed E-state index contributed by atoms with van der Waals surface area (Å²) >= 11 is 1.12. The quantitative estimate of drug-likeness (QED) is 0.738. The van der Waals surface area contributed by atoms with E-state index in [0.29, 0.717) is 18.7 Å². The summed E-state index contributed by atoms with van der Waals surface area (Å²) in [7, 11) is -3.65. The fourth-order valence-electron chi connectivity index (χ4n) is 3.91. The maximum atomic E-state index is 12.9. The summed E-state index contributed by atoms with van der Waals surface area (Å²) < 4.78 is 27.1. The highest BCUT2D eigenvalue weighted by Crippen LogP contribution is 2.27. The van der Waals surface area contributed by atoms with E-state index in [4.69, 9.17) is 0 Å². The molecule has 1 aromatic carbocycles. The molecule has 0 atom stereocenters. The molecule has 2 aromatic rings. The number of thiophene rings is 1. The Bertz CT molecular complexity index is 1040. The standard InChI is InChI=1S/C21H25N3O4S2/c25-20(19-18(8-13-29-19)30(27,28)24-11-3-4-12-24)22-15-16-6-5-7-17(14-16)21(26)23-9-1-2-10-23/h5-8,13-14H,1-4,9-12,15H2,(H,22,25). The molecule has 7 nitrogen and oxygen atoms in total. The highest BCUT2D eigenvalue weighted by atomic mass is 32.2. The van der Waals surface area contributed by atoms with E-state index in [1.54, 1.807) is 23.6 Å². The van der Waals surface area contributed by atoms with Crippen molar-refractivity contribution in [3.63, 3.8) is 0 Å². The van der Waals surface area contributed by atoms with E-state index < -0.39 is 15.9 Å². The van der Waals surface area contributed by atoms with Crippen LogP contribution in [0.1, 0.15) is 51.3 Å². The van der Waals surface area contributed by atoms with Crippen LogP contribution in [0.4, 0.5) is 0 Å². The summed E-state index contributed by atoms with van der Waals surface area (Å²) in [6, 6.07) is 8.72. The first-order chi connectivity index (χ1) is 14.5. The van der Waals surface area contributed by atoms with Gasteiger partial charge >= 0.3 is 0 Å². The van der Waals surface area contributed by atoms with Crippen LogP contribution in [0.5, 0.6) is 0 Å². The van der Waals surface area contributed by atoms with E-state index in [1.807, 2.05) is 11.0 Å². The number of carbonyl (C=O) groups is 2. The highest BCUT2D eigenvalue weighted by molar-refractivity contribution is 7.89. The van der Waals surface area contributed by atoms with Crippen molar-refractivity contribution in [2.24, 2.45) is 0 Å². The number of benzene rings is 1. The number of carbonyl (C=O) groups excluding carboxylic acids is 2. The molecule has 0 spiro atoms. The van der Waals surface area contributed by atoms with Crippen LogP contribution in [0.2, 0.25) is 0 Å². The molecule has 160 valence electrons. The minimum Gasteiger partial charge on any atom is -0.347 e. The Morgan fingerprint density at radius 1 is 1.00 bits per heavy atom. The van der Waals surface area contributed by atoms with Gasteiger partial charge in [0.2, 0.25) is 10.0 Å². The lowest BCUT2D eigenvalue weighted by molar-refractivity contribution is 0.0792. The zero-order chi connectivity index (χ0) is 21.1. The summed E-state index contributed by atoms with van der Waals surface area (Å²) in [5.74, 6) is -0.406. The molecule has 0 aliphatic carbocycles. The van der Waals surface area contributed by atoms with E-state index >= 15 is 0 Å². The second kappa shape index (κ2) is 8.87. The average molecular weight is 448 g/mol. The Hall–Kier alpha value is -2.23. The van der Waals surface area contributed by atoms with Crippen molar-refractivity contribution >= 4 is 33.2 Å². The van der Waals surface area contributed by atoms with E-state index in [2.05, 4.69) is 5.32 Å². The second-order valence-electron chi connectivity index (χ2n) is 7.61. The number of nitrogens with one attached hydrogen (secondary N) is 1. The molecule has 9 heteroatoms. The molecular formula is C21H25N3O4S2. The van der Waals surface area contributed by atoms with Gasteiger partial charge < -0.3 is 10.2 Å². The van der Waals surface area contributed by atoms with E-state index in [9.17, 15) is 18.0 Å². The fourth-order valence-corrected chi connectivity index (χ4v) is 6.75. The normalized spacial score (nSPS) is 17.4. The molecule has 2 saturated heterocycles. The molecule has 0 saturated carbocycles. The van der Waals surface area contributed by atoms with Gasteiger partial charge in [-0.15, -0.1) is 11.3 Å². The molecule has 1 aromatic heterocycles. The predicted octanol–water partition coefficient (Wildman–Crippen LogP) is 2.70. The first-order valence-electron chi connectivity index (χ1n) is 10.2. The third-order valence-electron chi connectivity index (χ3n) is 5.54. The zero-order valence-electron chi connectivity index (χ0n) is 16.7. The average Bonchev–Trinajstić information content (AvgIpc) is 3.52. The van der Waals surface area contributed by atoms with Gasteiger partial charge in [-0.3, -0.25) is 9.59 Å². The van der Waals surface area contributed by atoms with Crippen molar-refractivity contribution in [2.45, 2.75) is 37.1 Å². The monoisotopic (exact) mass is 447 g/mol. The number of hydrogen-bond acceptors (Lipinski definition) is 5.